The molecule has 2 aromatic heterocycles. The highest BCUT2D eigenvalue weighted by molar-refractivity contribution is 7.09. The predicted molar refractivity (Wildman–Crippen MR) is 82.0 cm³/mol. The Kier molecular flexibility index (Phi) is 3.27. The van der Waals surface area contributed by atoms with Gasteiger partial charge in [-0.1, -0.05) is 23.3 Å². The number of aryl methyl sites for hydroxylation is 1. The number of aromatic nitrogens is 3. The van der Waals surface area contributed by atoms with Crippen LogP contribution in [0.1, 0.15) is 28.1 Å². The minimum absolute atomic E-state index is 0.203. The first-order valence-corrected chi connectivity index (χ1v) is 7.88. The Labute approximate surface area is 131 Å². The predicted octanol–water partition coefficient (Wildman–Crippen LogP) is 3.12. The van der Waals surface area contributed by atoms with E-state index in [1.165, 1.54) is 5.56 Å². The molecule has 0 saturated heterocycles. The fourth-order valence-corrected chi connectivity index (χ4v) is 3.12. The molecular weight excluding hydrogens is 300 g/mol. The van der Waals surface area contributed by atoms with Crippen molar-refractivity contribution < 1.29 is 9.15 Å². The van der Waals surface area contributed by atoms with Crippen molar-refractivity contribution in [2.45, 2.75) is 26.0 Å². The highest BCUT2D eigenvalue weighted by Gasteiger charge is 2.28. The van der Waals surface area contributed by atoms with E-state index in [9.17, 15) is 0 Å². The van der Waals surface area contributed by atoms with Gasteiger partial charge in [-0.2, -0.15) is 0 Å². The molecule has 1 aliphatic heterocycles. The molecule has 1 atom stereocenters. The van der Waals surface area contributed by atoms with Crippen LogP contribution < -0.4 is 10.1 Å². The summed E-state index contributed by atoms with van der Waals surface area (Å²) in [6.07, 6.45) is 0.553. The highest BCUT2D eigenvalue weighted by atomic mass is 32.1. The molecule has 3 heterocycles. The SMILES string of the molecule is Cc1ncsc1CNc1nnc(C2Cc3ccccc3O2)o1. The average molecular weight is 314 g/mol. The van der Waals surface area contributed by atoms with Crippen LogP contribution in [0.5, 0.6) is 5.75 Å². The number of para-hydroxylation sites is 1. The fourth-order valence-electron chi connectivity index (χ4n) is 2.41. The van der Waals surface area contributed by atoms with Crippen molar-refractivity contribution in [2.75, 3.05) is 5.32 Å². The molecule has 0 spiro atoms. The molecule has 1 aliphatic rings. The lowest BCUT2D eigenvalue weighted by atomic mass is 10.1. The van der Waals surface area contributed by atoms with E-state index in [1.54, 1.807) is 11.3 Å². The average Bonchev–Trinajstić information content (AvgIpc) is 3.24. The topological polar surface area (TPSA) is 73.1 Å². The van der Waals surface area contributed by atoms with Crippen LogP contribution >= 0.6 is 11.3 Å². The van der Waals surface area contributed by atoms with Crippen molar-refractivity contribution in [3.63, 3.8) is 0 Å². The van der Waals surface area contributed by atoms with Crippen LogP contribution in [-0.2, 0) is 13.0 Å². The monoisotopic (exact) mass is 314 g/mol. The van der Waals surface area contributed by atoms with Crippen molar-refractivity contribution in [2.24, 2.45) is 0 Å². The maximum Gasteiger partial charge on any atom is 0.315 e. The second-order valence-electron chi connectivity index (χ2n) is 5.08. The normalized spacial score (nSPS) is 16.3. The third kappa shape index (κ3) is 2.43. The lowest BCUT2D eigenvalue weighted by Gasteiger charge is -2.04. The molecule has 1 unspecified atom stereocenters. The number of rotatable bonds is 4. The Balaban J connectivity index is 1.43. The third-order valence-electron chi connectivity index (χ3n) is 3.61. The summed E-state index contributed by atoms with van der Waals surface area (Å²) in [5, 5.41) is 11.2. The first-order valence-electron chi connectivity index (χ1n) is 7.00. The molecule has 6 nitrogen and oxygen atoms in total. The van der Waals surface area contributed by atoms with E-state index in [1.807, 2.05) is 30.6 Å². The summed E-state index contributed by atoms with van der Waals surface area (Å²) < 4.78 is 11.5. The summed E-state index contributed by atoms with van der Waals surface area (Å²) in [4.78, 5) is 5.37. The molecule has 0 amide bonds. The molecule has 22 heavy (non-hydrogen) atoms. The summed E-state index contributed by atoms with van der Waals surface area (Å²) in [5.41, 5.74) is 4.02. The van der Waals surface area contributed by atoms with Gasteiger partial charge in [-0.25, -0.2) is 4.98 Å². The highest BCUT2D eigenvalue weighted by Crippen LogP contribution is 2.36. The number of thiazole rings is 1. The molecule has 0 aliphatic carbocycles. The van der Waals surface area contributed by atoms with E-state index in [2.05, 4.69) is 26.6 Å². The minimum atomic E-state index is -0.203. The van der Waals surface area contributed by atoms with Gasteiger partial charge in [0.2, 0.25) is 0 Å². The number of nitrogens with one attached hydrogen (secondary N) is 1. The zero-order valence-corrected chi connectivity index (χ0v) is 12.8. The smallest absolute Gasteiger partial charge is 0.315 e. The van der Waals surface area contributed by atoms with E-state index in [0.29, 0.717) is 18.5 Å². The summed E-state index contributed by atoms with van der Waals surface area (Å²) in [6.45, 7) is 2.61. The van der Waals surface area contributed by atoms with Crippen LogP contribution in [0, 0.1) is 6.92 Å². The number of benzene rings is 1. The van der Waals surface area contributed by atoms with Gasteiger partial charge in [0, 0.05) is 11.3 Å². The second-order valence-corrected chi connectivity index (χ2v) is 6.02. The first-order chi connectivity index (χ1) is 10.8. The second kappa shape index (κ2) is 5.42. The molecule has 3 aromatic rings. The van der Waals surface area contributed by atoms with E-state index < -0.39 is 0 Å². The van der Waals surface area contributed by atoms with Crippen LogP contribution in [-0.4, -0.2) is 15.2 Å². The fraction of sp³-hybridized carbons (Fsp3) is 0.267. The summed E-state index contributed by atoms with van der Waals surface area (Å²) in [6, 6.07) is 8.37. The van der Waals surface area contributed by atoms with Crippen LogP contribution in [0.3, 0.4) is 0 Å². The molecule has 7 heteroatoms. The Morgan fingerprint density at radius 1 is 1.32 bits per heavy atom. The van der Waals surface area contributed by atoms with Gasteiger partial charge >= 0.3 is 6.01 Å². The zero-order valence-electron chi connectivity index (χ0n) is 11.9. The largest absolute Gasteiger partial charge is 0.480 e. The lowest BCUT2D eigenvalue weighted by Crippen LogP contribution is -2.03. The van der Waals surface area contributed by atoms with E-state index in [-0.39, 0.29) is 6.10 Å². The number of hydrogen-bond donors (Lipinski definition) is 1. The standard InChI is InChI=1S/C15H14N4O2S/c1-9-13(22-8-17-9)7-16-15-19-18-14(21-15)12-6-10-4-2-3-5-11(10)20-12/h2-5,8,12H,6-7H2,1H3,(H,16,19). The van der Waals surface area contributed by atoms with Crippen LogP contribution in [0.25, 0.3) is 0 Å². The molecule has 0 radical (unpaired) electrons. The van der Waals surface area contributed by atoms with Gasteiger partial charge in [-0.05, 0) is 18.6 Å². The Morgan fingerprint density at radius 3 is 3.05 bits per heavy atom. The number of nitrogens with zero attached hydrogens (tertiary/aromatic N) is 3. The molecular formula is C15H14N4O2S. The zero-order chi connectivity index (χ0) is 14.9. The maximum absolute atomic E-state index is 5.84. The van der Waals surface area contributed by atoms with Crippen molar-refractivity contribution in [3.8, 4) is 5.75 Å². The summed E-state index contributed by atoms with van der Waals surface area (Å²) in [5.74, 6) is 1.39. The summed E-state index contributed by atoms with van der Waals surface area (Å²) >= 11 is 1.60. The molecule has 0 saturated carbocycles. The van der Waals surface area contributed by atoms with Gasteiger partial charge in [-0.15, -0.1) is 16.4 Å². The first kappa shape index (κ1) is 13.3. The molecule has 112 valence electrons. The van der Waals surface area contributed by atoms with Crippen molar-refractivity contribution >= 4 is 17.4 Å². The van der Waals surface area contributed by atoms with E-state index in [4.69, 9.17) is 9.15 Å². The number of anilines is 1. The van der Waals surface area contributed by atoms with Crippen molar-refractivity contribution in [1.82, 2.24) is 15.2 Å². The Hall–Kier alpha value is -2.41. The molecule has 4 rings (SSSR count). The van der Waals surface area contributed by atoms with Gasteiger partial charge < -0.3 is 14.5 Å². The number of fused-ring (bicyclic) bond motifs is 1. The minimum Gasteiger partial charge on any atom is -0.480 e. The number of ether oxygens (including phenoxy) is 1. The summed E-state index contributed by atoms with van der Waals surface area (Å²) in [7, 11) is 0. The van der Waals surface area contributed by atoms with Crippen LogP contribution in [0.4, 0.5) is 6.01 Å². The quantitative estimate of drug-likeness (QED) is 0.797. The maximum atomic E-state index is 5.84. The van der Waals surface area contributed by atoms with E-state index >= 15 is 0 Å². The van der Waals surface area contributed by atoms with Gasteiger partial charge in [-0.3, -0.25) is 0 Å². The van der Waals surface area contributed by atoms with Gasteiger partial charge in [0.05, 0.1) is 17.7 Å². The Bertz CT molecular complexity index is 773. The van der Waals surface area contributed by atoms with Crippen molar-refractivity contribution in [3.05, 3.63) is 51.8 Å². The third-order valence-corrected chi connectivity index (χ3v) is 4.54. The van der Waals surface area contributed by atoms with Gasteiger partial charge in [0.25, 0.3) is 5.89 Å². The molecule has 0 fully saturated rings. The van der Waals surface area contributed by atoms with Crippen LogP contribution in [0.2, 0.25) is 0 Å². The van der Waals surface area contributed by atoms with Gasteiger partial charge in [0.15, 0.2) is 6.10 Å². The Morgan fingerprint density at radius 2 is 2.23 bits per heavy atom. The van der Waals surface area contributed by atoms with E-state index in [0.717, 1.165) is 22.7 Å². The van der Waals surface area contributed by atoms with Crippen LogP contribution in [0.15, 0.2) is 34.2 Å². The molecule has 1 N–H and O–H groups in total. The number of hydrogen-bond acceptors (Lipinski definition) is 7. The lowest BCUT2D eigenvalue weighted by molar-refractivity contribution is 0.199. The molecule has 1 aromatic carbocycles. The van der Waals surface area contributed by atoms with Crippen molar-refractivity contribution in [1.29, 1.82) is 0 Å². The molecule has 0 bridgehead atoms. The van der Waals surface area contributed by atoms with Gasteiger partial charge in [0.1, 0.15) is 5.75 Å².